The van der Waals surface area contributed by atoms with Gasteiger partial charge in [-0.3, -0.25) is 0 Å². The van der Waals surface area contributed by atoms with Crippen LogP contribution in [0.15, 0.2) is 0 Å². The standard InChI is InChI=1S/C34H73N3/c1-4-7-10-13-16-17-18-19-22-27-34(35,28-25-32-36-30-23-20-14-11-8-5-2)29-26-33-37-31-24-21-15-12-9-6-3/h36-37H,4-33,35H2,1-3H3. The molecule has 37 heavy (non-hydrogen) atoms. The molecular weight excluding hydrogens is 450 g/mol. The van der Waals surface area contributed by atoms with Gasteiger partial charge >= 0.3 is 0 Å². The van der Waals surface area contributed by atoms with Crippen LogP contribution in [0.25, 0.3) is 0 Å². The van der Waals surface area contributed by atoms with E-state index in [1.165, 1.54) is 180 Å². The molecule has 3 nitrogen and oxygen atoms in total. The van der Waals surface area contributed by atoms with Crippen molar-refractivity contribution in [1.82, 2.24) is 10.6 Å². The van der Waals surface area contributed by atoms with E-state index in [1.54, 1.807) is 0 Å². The highest BCUT2D eigenvalue weighted by molar-refractivity contribution is 4.84. The first-order valence-corrected chi connectivity index (χ1v) is 17.4. The molecule has 0 unspecified atom stereocenters. The average Bonchev–Trinajstić information content (AvgIpc) is 2.90. The van der Waals surface area contributed by atoms with Gasteiger partial charge in [-0.05, 0) is 71.1 Å². The Morgan fingerprint density at radius 2 is 0.622 bits per heavy atom. The Bertz CT molecular complexity index is 388. The van der Waals surface area contributed by atoms with Crippen molar-refractivity contribution in [2.75, 3.05) is 26.2 Å². The van der Waals surface area contributed by atoms with Gasteiger partial charge in [0.25, 0.3) is 0 Å². The van der Waals surface area contributed by atoms with Crippen molar-refractivity contribution >= 4 is 0 Å². The van der Waals surface area contributed by atoms with Crippen LogP contribution in [0.4, 0.5) is 0 Å². The maximum absolute atomic E-state index is 7.06. The Morgan fingerprint density at radius 3 is 1.00 bits per heavy atom. The Morgan fingerprint density at radius 1 is 0.351 bits per heavy atom. The van der Waals surface area contributed by atoms with E-state index >= 15 is 0 Å². The van der Waals surface area contributed by atoms with E-state index < -0.39 is 0 Å². The van der Waals surface area contributed by atoms with Crippen molar-refractivity contribution in [3.63, 3.8) is 0 Å². The summed E-state index contributed by atoms with van der Waals surface area (Å²) in [5.41, 5.74) is 7.10. The number of nitrogens with two attached hydrogens (primary N) is 1. The normalized spacial score (nSPS) is 12.0. The van der Waals surface area contributed by atoms with Crippen LogP contribution in [0, 0.1) is 0 Å². The van der Waals surface area contributed by atoms with Crippen LogP contribution in [0.5, 0.6) is 0 Å². The van der Waals surface area contributed by atoms with E-state index in [9.17, 15) is 0 Å². The molecule has 0 fully saturated rings. The molecule has 4 N–H and O–H groups in total. The summed E-state index contributed by atoms with van der Waals surface area (Å²) in [6.07, 6.45) is 35.2. The van der Waals surface area contributed by atoms with Crippen LogP contribution in [-0.4, -0.2) is 31.7 Å². The lowest BCUT2D eigenvalue weighted by Gasteiger charge is -2.30. The highest BCUT2D eigenvalue weighted by Gasteiger charge is 2.23. The summed E-state index contributed by atoms with van der Waals surface area (Å²) in [6.45, 7) is 11.5. The third kappa shape index (κ3) is 28.7. The fourth-order valence-corrected chi connectivity index (χ4v) is 5.60. The lowest BCUT2D eigenvalue weighted by molar-refractivity contribution is 0.307. The minimum absolute atomic E-state index is 0.0464. The van der Waals surface area contributed by atoms with Crippen molar-refractivity contribution in [3.05, 3.63) is 0 Å². The third-order valence-electron chi connectivity index (χ3n) is 8.25. The van der Waals surface area contributed by atoms with Gasteiger partial charge in [0, 0.05) is 5.54 Å². The van der Waals surface area contributed by atoms with Gasteiger partial charge in [-0.1, -0.05) is 143 Å². The molecule has 0 aromatic heterocycles. The summed E-state index contributed by atoms with van der Waals surface area (Å²) in [6, 6.07) is 0. The van der Waals surface area contributed by atoms with Crippen LogP contribution in [-0.2, 0) is 0 Å². The number of hydrogen-bond donors (Lipinski definition) is 3. The molecule has 0 aliphatic heterocycles. The van der Waals surface area contributed by atoms with Crippen LogP contribution in [0.1, 0.15) is 188 Å². The first kappa shape index (κ1) is 36.9. The van der Waals surface area contributed by atoms with E-state index in [-0.39, 0.29) is 5.54 Å². The van der Waals surface area contributed by atoms with E-state index in [0.29, 0.717) is 0 Å². The predicted octanol–water partition coefficient (Wildman–Crippen LogP) is 10.1. The summed E-state index contributed by atoms with van der Waals surface area (Å²) in [4.78, 5) is 0. The molecule has 0 radical (unpaired) electrons. The third-order valence-corrected chi connectivity index (χ3v) is 8.25. The Kier molecular flexibility index (Phi) is 30.3. The molecular formula is C34H73N3. The molecule has 0 aromatic rings. The summed E-state index contributed by atoms with van der Waals surface area (Å²) < 4.78 is 0. The molecule has 0 spiro atoms. The Balaban J connectivity index is 4.05. The number of hydrogen-bond acceptors (Lipinski definition) is 3. The lowest BCUT2D eigenvalue weighted by atomic mass is 9.84. The second kappa shape index (κ2) is 30.4. The van der Waals surface area contributed by atoms with Crippen LogP contribution >= 0.6 is 0 Å². The molecule has 0 saturated carbocycles. The molecule has 0 aliphatic rings. The molecule has 3 heteroatoms. The van der Waals surface area contributed by atoms with Gasteiger partial charge in [0.05, 0.1) is 0 Å². The smallest absolute Gasteiger partial charge is 0.0155 e. The summed E-state index contributed by atoms with van der Waals surface area (Å²) in [5, 5.41) is 7.39. The maximum Gasteiger partial charge on any atom is 0.0155 e. The average molecular weight is 524 g/mol. The number of nitrogens with one attached hydrogen (secondary N) is 2. The van der Waals surface area contributed by atoms with E-state index in [0.717, 1.165) is 13.1 Å². The van der Waals surface area contributed by atoms with E-state index in [4.69, 9.17) is 5.73 Å². The Labute approximate surface area is 235 Å². The molecule has 224 valence electrons. The van der Waals surface area contributed by atoms with Crippen molar-refractivity contribution in [2.24, 2.45) is 5.73 Å². The highest BCUT2D eigenvalue weighted by Crippen LogP contribution is 2.24. The molecule has 0 aliphatic carbocycles. The molecule has 0 bridgehead atoms. The van der Waals surface area contributed by atoms with Gasteiger partial charge in [0.15, 0.2) is 0 Å². The summed E-state index contributed by atoms with van der Waals surface area (Å²) in [7, 11) is 0. The minimum atomic E-state index is 0.0464. The lowest BCUT2D eigenvalue weighted by Crippen LogP contribution is -2.41. The van der Waals surface area contributed by atoms with Crippen molar-refractivity contribution in [2.45, 2.75) is 193 Å². The monoisotopic (exact) mass is 524 g/mol. The number of unbranched alkanes of at least 4 members (excludes halogenated alkanes) is 18. The maximum atomic E-state index is 7.06. The summed E-state index contributed by atoms with van der Waals surface area (Å²) >= 11 is 0. The molecule has 0 heterocycles. The van der Waals surface area contributed by atoms with E-state index in [1.807, 2.05) is 0 Å². The zero-order valence-corrected chi connectivity index (χ0v) is 26.3. The highest BCUT2D eigenvalue weighted by atomic mass is 14.9. The number of rotatable bonds is 32. The van der Waals surface area contributed by atoms with Crippen LogP contribution in [0.2, 0.25) is 0 Å². The Hall–Kier alpha value is -0.120. The minimum Gasteiger partial charge on any atom is -0.325 e. The molecule has 0 atom stereocenters. The summed E-state index contributed by atoms with van der Waals surface area (Å²) in [5.74, 6) is 0. The molecule has 0 aromatic carbocycles. The van der Waals surface area contributed by atoms with Gasteiger partial charge in [0.2, 0.25) is 0 Å². The zero-order chi connectivity index (χ0) is 27.1. The van der Waals surface area contributed by atoms with Gasteiger partial charge in [-0.15, -0.1) is 0 Å². The fourth-order valence-electron chi connectivity index (χ4n) is 5.60. The van der Waals surface area contributed by atoms with Gasteiger partial charge < -0.3 is 16.4 Å². The SMILES string of the molecule is CCCCCCCCCCCC(N)(CCCNCCCCCCCC)CCCNCCCCCCCC. The van der Waals surface area contributed by atoms with Crippen LogP contribution < -0.4 is 16.4 Å². The van der Waals surface area contributed by atoms with Crippen molar-refractivity contribution in [1.29, 1.82) is 0 Å². The van der Waals surface area contributed by atoms with Gasteiger partial charge in [-0.25, -0.2) is 0 Å². The molecule has 0 saturated heterocycles. The van der Waals surface area contributed by atoms with Gasteiger partial charge in [-0.2, -0.15) is 0 Å². The first-order valence-electron chi connectivity index (χ1n) is 17.4. The topological polar surface area (TPSA) is 50.1 Å². The van der Waals surface area contributed by atoms with Crippen molar-refractivity contribution in [3.8, 4) is 0 Å². The largest absolute Gasteiger partial charge is 0.325 e. The van der Waals surface area contributed by atoms with Gasteiger partial charge in [0.1, 0.15) is 0 Å². The zero-order valence-electron chi connectivity index (χ0n) is 26.3. The molecule has 0 amide bonds. The fraction of sp³-hybridized carbons (Fsp3) is 1.00. The second-order valence-electron chi connectivity index (χ2n) is 12.2. The predicted molar refractivity (Wildman–Crippen MR) is 170 cm³/mol. The molecule has 0 rings (SSSR count). The van der Waals surface area contributed by atoms with E-state index in [2.05, 4.69) is 31.4 Å². The van der Waals surface area contributed by atoms with Crippen molar-refractivity contribution < 1.29 is 0 Å². The quantitative estimate of drug-likeness (QED) is 0.0769. The second-order valence-corrected chi connectivity index (χ2v) is 12.2. The van der Waals surface area contributed by atoms with Crippen LogP contribution in [0.3, 0.4) is 0 Å². The first-order chi connectivity index (χ1) is 18.2.